The Bertz CT molecular complexity index is 997. The summed E-state index contributed by atoms with van der Waals surface area (Å²) in [6, 6.07) is 10.3. The first-order valence-corrected chi connectivity index (χ1v) is 12.2. The summed E-state index contributed by atoms with van der Waals surface area (Å²) in [4.78, 5) is 43.0. The third-order valence-corrected chi connectivity index (χ3v) is 7.23. The number of thiophene rings is 1. The number of fused-ring (bicyclic) bond motifs is 1. The number of carbonyl (C=O) groups excluding carboxylic acids is 3. The van der Waals surface area contributed by atoms with Crippen LogP contribution in [0.15, 0.2) is 35.7 Å². The van der Waals surface area contributed by atoms with Gasteiger partial charge in [-0.1, -0.05) is 24.3 Å². The highest BCUT2D eigenvalue weighted by Gasteiger charge is 2.38. The maximum Gasteiger partial charge on any atom is 0.306 e. The van der Waals surface area contributed by atoms with Crippen molar-refractivity contribution in [3.63, 3.8) is 0 Å². The van der Waals surface area contributed by atoms with Crippen LogP contribution in [0.1, 0.15) is 60.2 Å². The number of ether oxygens (including phenoxy) is 1. The Morgan fingerprint density at radius 1 is 1.12 bits per heavy atom. The molecule has 6 nitrogen and oxygen atoms in total. The molecule has 7 heteroatoms. The van der Waals surface area contributed by atoms with Gasteiger partial charge in [-0.3, -0.25) is 14.4 Å². The lowest BCUT2D eigenvalue weighted by Crippen LogP contribution is -2.47. The highest BCUT2D eigenvalue weighted by Crippen LogP contribution is 2.39. The molecule has 4 rings (SSSR count). The summed E-state index contributed by atoms with van der Waals surface area (Å²) < 4.78 is 4.94. The van der Waals surface area contributed by atoms with Gasteiger partial charge >= 0.3 is 5.97 Å². The lowest BCUT2D eigenvalue weighted by molar-refractivity contribution is -0.147. The number of aryl methyl sites for hydroxylation is 1. The van der Waals surface area contributed by atoms with E-state index in [2.05, 4.69) is 30.5 Å². The minimum absolute atomic E-state index is 0.0357. The van der Waals surface area contributed by atoms with Crippen molar-refractivity contribution in [1.29, 1.82) is 0 Å². The minimum atomic E-state index is -0.372. The fourth-order valence-electron chi connectivity index (χ4n) is 4.44. The summed E-state index contributed by atoms with van der Waals surface area (Å²) in [6.07, 6.45) is 2.79. The van der Waals surface area contributed by atoms with Crippen molar-refractivity contribution >= 4 is 29.1 Å². The maximum absolute atomic E-state index is 13.6. The van der Waals surface area contributed by atoms with Crippen molar-refractivity contribution < 1.29 is 19.1 Å². The average Bonchev–Trinajstić information content (AvgIpc) is 3.51. The first-order valence-electron chi connectivity index (χ1n) is 11.4. The Morgan fingerprint density at radius 3 is 2.62 bits per heavy atom. The fraction of sp³-hybridized carbons (Fsp3) is 0.480. The SMILES string of the molecule is CCOC(=O)CCC(=O)N(CC(=O)N1CCc2sccc2C1c1ccccc1C)C1CC1. The van der Waals surface area contributed by atoms with Crippen LogP contribution < -0.4 is 0 Å². The van der Waals surface area contributed by atoms with Crippen LogP contribution in [0, 0.1) is 6.92 Å². The Labute approximate surface area is 193 Å². The predicted molar refractivity (Wildman–Crippen MR) is 123 cm³/mol. The van der Waals surface area contributed by atoms with E-state index in [1.165, 1.54) is 10.4 Å². The molecule has 0 bridgehead atoms. The van der Waals surface area contributed by atoms with Crippen LogP contribution in [0.3, 0.4) is 0 Å². The molecule has 1 fully saturated rings. The number of nitrogens with zero attached hydrogens (tertiary/aromatic N) is 2. The minimum Gasteiger partial charge on any atom is -0.466 e. The first-order chi connectivity index (χ1) is 15.5. The molecule has 1 saturated carbocycles. The predicted octanol–water partition coefficient (Wildman–Crippen LogP) is 3.86. The van der Waals surface area contributed by atoms with Crippen LogP contribution in [0.5, 0.6) is 0 Å². The highest BCUT2D eigenvalue weighted by atomic mass is 32.1. The Morgan fingerprint density at radius 2 is 1.91 bits per heavy atom. The number of hydrogen-bond donors (Lipinski definition) is 0. The number of carbonyl (C=O) groups is 3. The Kier molecular flexibility index (Phi) is 6.94. The van der Waals surface area contributed by atoms with Gasteiger partial charge in [-0.05, 0) is 61.2 Å². The summed E-state index contributed by atoms with van der Waals surface area (Å²) in [7, 11) is 0. The molecule has 1 aliphatic heterocycles. The van der Waals surface area contributed by atoms with Gasteiger partial charge < -0.3 is 14.5 Å². The molecule has 2 aromatic rings. The molecule has 2 aliphatic rings. The quantitative estimate of drug-likeness (QED) is 0.568. The Hall–Kier alpha value is -2.67. The monoisotopic (exact) mass is 454 g/mol. The normalized spacial score (nSPS) is 17.6. The molecule has 1 unspecified atom stereocenters. The standard InChI is InChI=1S/C25H30N2O4S/c1-3-31-24(30)11-10-22(28)27(18-8-9-18)16-23(29)26-14-12-21-20(13-15-32-21)25(26)19-7-5-4-6-17(19)2/h4-7,13,15,18,25H,3,8-12,14,16H2,1-2H3. The van der Waals surface area contributed by atoms with Crippen LogP contribution in [0.4, 0.5) is 0 Å². The maximum atomic E-state index is 13.6. The Balaban J connectivity index is 1.52. The van der Waals surface area contributed by atoms with E-state index in [1.807, 2.05) is 17.0 Å². The van der Waals surface area contributed by atoms with Crippen LogP contribution >= 0.6 is 11.3 Å². The van der Waals surface area contributed by atoms with Gasteiger partial charge in [-0.25, -0.2) is 0 Å². The summed E-state index contributed by atoms with van der Waals surface area (Å²) in [5.74, 6) is -0.551. The number of amides is 2. The van der Waals surface area contributed by atoms with Crippen molar-refractivity contribution in [3.05, 3.63) is 57.3 Å². The number of rotatable bonds is 8. The van der Waals surface area contributed by atoms with E-state index in [9.17, 15) is 14.4 Å². The molecular formula is C25H30N2O4S. The molecule has 1 aromatic heterocycles. The van der Waals surface area contributed by atoms with Crippen molar-refractivity contribution in [2.45, 2.75) is 58.0 Å². The second-order valence-electron chi connectivity index (χ2n) is 8.45. The van der Waals surface area contributed by atoms with Gasteiger partial charge in [0.15, 0.2) is 0 Å². The molecule has 1 atom stereocenters. The van der Waals surface area contributed by atoms with Gasteiger partial charge in [0.05, 0.1) is 19.1 Å². The van der Waals surface area contributed by atoms with Gasteiger partial charge in [0.2, 0.25) is 11.8 Å². The lowest BCUT2D eigenvalue weighted by atomic mass is 9.90. The zero-order valence-electron chi connectivity index (χ0n) is 18.7. The average molecular weight is 455 g/mol. The second-order valence-corrected chi connectivity index (χ2v) is 9.45. The van der Waals surface area contributed by atoms with Gasteiger partial charge in [-0.2, -0.15) is 0 Å². The molecule has 170 valence electrons. The zero-order valence-corrected chi connectivity index (χ0v) is 19.5. The molecule has 32 heavy (non-hydrogen) atoms. The van der Waals surface area contributed by atoms with E-state index in [0.29, 0.717) is 13.2 Å². The first kappa shape index (κ1) is 22.5. The van der Waals surface area contributed by atoms with E-state index < -0.39 is 0 Å². The molecule has 2 heterocycles. The summed E-state index contributed by atoms with van der Waals surface area (Å²) in [5.41, 5.74) is 3.47. The topological polar surface area (TPSA) is 66.9 Å². The van der Waals surface area contributed by atoms with Gasteiger partial charge in [-0.15, -0.1) is 11.3 Å². The third-order valence-electron chi connectivity index (χ3n) is 6.23. The zero-order chi connectivity index (χ0) is 22.7. The smallest absolute Gasteiger partial charge is 0.306 e. The van der Waals surface area contributed by atoms with Gasteiger partial charge in [0, 0.05) is 23.9 Å². The van der Waals surface area contributed by atoms with E-state index in [1.54, 1.807) is 23.2 Å². The number of esters is 1. The third kappa shape index (κ3) is 4.88. The van der Waals surface area contributed by atoms with E-state index >= 15 is 0 Å². The highest BCUT2D eigenvalue weighted by molar-refractivity contribution is 7.10. The number of benzene rings is 1. The molecule has 0 spiro atoms. The summed E-state index contributed by atoms with van der Waals surface area (Å²) in [6.45, 7) is 4.83. The van der Waals surface area contributed by atoms with Crippen LogP contribution in [0.2, 0.25) is 0 Å². The van der Waals surface area contributed by atoms with Crippen LogP contribution in [0.25, 0.3) is 0 Å². The summed E-state index contributed by atoms with van der Waals surface area (Å²) >= 11 is 1.74. The van der Waals surface area contributed by atoms with Crippen molar-refractivity contribution in [3.8, 4) is 0 Å². The number of hydrogen-bond acceptors (Lipinski definition) is 5. The molecule has 2 amide bonds. The molecule has 0 radical (unpaired) electrons. The second kappa shape index (κ2) is 9.86. The molecule has 1 aliphatic carbocycles. The van der Waals surface area contributed by atoms with Crippen molar-refractivity contribution in [2.24, 2.45) is 0 Å². The lowest BCUT2D eigenvalue weighted by Gasteiger charge is -2.38. The van der Waals surface area contributed by atoms with Crippen LogP contribution in [-0.4, -0.2) is 53.3 Å². The molecular weight excluding hydrogens is 424 g/mol. The largest absolute Gasteiger partial charge is 0.466 e. The van der Waals surface area contributed by atoms with E-state index in [0.717, 1.165) is 30.4 Å². The molecule has 1 aromatic carbocycles. The van der Waals surface area contributed by atoms with E-state index in [4.69, 9.17) is 4.74 Å². The molecule has 0 saturated heterocycles. The summed E-state index contributed by atoms with van der Waals surface area (Å²) in [5, 5.41) is 2.10. The van der Waals surface area contributed by atoms with E-state index in [-0.39, 0.29) is 49.3 Å². The van der Waals surface area contributed by atoms with Crippen LogP contribution in [-0.2, 0) is 25.5 Å². The van der Waals surface area contributed by atoms with Gasteiger partial charge in [0.25, 0.3) is 0 Å². The fourth-order valence-corrected chi connectivity index (χ4v) is 5.35. The molecule has 0 N–H and O–H groups in total. The van der Waals surface area contributed by atoms with Gasteiger partial charge in [0.1, 0.15) is 6.54 Å². The van der Waals surface area contributed by atoms with Crippen molar-refractivity contribution in [2.75, 3.05) is 19.7 Å². The van der Waals surface area contributed by atoms with Crippen molar-refractivity contribution in [1.82, 2.24) is 9.80 Å².